The maximum Gasteiger partial charge on any atom is 0.335 e. The van der Waals surface area contributed by atoms with E-state index in [-0.39, 0.29) is 10.8 Å². The molecule has 1 N–H and O–H groups in total. The van der Waals surface area contributed by atoms with Gasteiger partial charge in [0.1, 0.15) is 5.58 Å². The predicted molar refractivity (Wildman–Crippen MR) is 48.2 cm³/mol. The van der Waals surface area contributed by atoms with Gasteiger partial charge in [-0.15, -0.1) is 0 Å². The van der Waals surface area contributed by atoms with Crippen LogP contribution in [-0.4, -0.2) is 11.1 Å². The van der Waals surface area contributed by atoms with Crippen molar-refractivity contribution in [3.63, 3.8) is 0 Å². The average Bonchev–Trinajstić information content (AvgIpc) is 2.42. The van der Waals surface area contributed by atoms with E-state index < -0.39 is 5.97 Å². The standard InChI is InChI=1S/C9H5ClO3/c10-8-4-5-1-2-6(9(11)12)3-7(5)13-8/h1-4H,(H,11,12). The van der Waals surface area contributed by atoms with Crippen LogP contribution < -0.4 is 0 Å². The molecule has 2 rings (SSSR count). The number of carbonyl (C=O) groups is 1. The number of halogens is 1. The Bertz CT molecular complexity index is 473. The van der Waals surface area contributed by atoms with Crippen molar-refractivity contribution in [2.45, 2.75) is 0 Å². The summed E-state index contributed by atoms with van der Waals surface area (Å²) < 4.78 is 5.06. The number of furan rings is 1. The molecule has 1 heterocycles. The largest absolute Gasteiger partial charge is 0.478 e. The van der Waals surface area contributed by atoms with Crippen LogP contribution in [0.3, 0.4) is 0 Å². The normalized spacial score (nSPS) is 10.5. The van der Waals surface area contributed by atoms with Gasteiger partial charge in [-0.1, -0.05) is 6.07 Å². The molecule has 0 aliphatic heterocycles. The Hall–Kier alpha value is -1.48. The van der Waals surface area contributed by atoms with Gasteiger partial charge in [0.2, 0.25) is 0 Å². The Kier molecular flexibility index (Phi) is 1.74. The second-order valence-corrected chi connectivity index (χ2v) is 2.98. The molecule has 0 amide bonds. The van der Waals surface area contributed by atoms with Crippen LogP contribution in [0.2, 0.25) is 5.22 Å². The van der Waals surface area contributed by atoms with Gasteiger partial charge < -0.3 is 9.52 Å². The van der Waals surface area contributed by atoms with Crippen molar-refractivity contribution in [2.75, 3.05) is 0 Å². The molecule has 0 saturated heterocycles. The molecule has 0 spiro atoms. The van der Waals surface area contributed by atoms with Crippen molar-refractivity contribution in [1.29, 1.82) is 0 Å². The molecule has 13 heavy (non-hydrogen) atoms. The first kappa shape index (κ1) is 8.13. The predicted octanol–water partition coefficient (Wildman–Crippen LogP) is 2.78. The molecule has 1 aromatic heterocycles. The van der Waals surface area contributed by atoms with Crippen LogP contribution in [0.4, 0.5) is 0 Å². The Morgan fingerprint density at radius 3 is 2.85 bits per heavy atom. The van der Waals surface area contributed by atoms with Crippen molar-refractivity contribution in [1.82, 2.24) is 0 Å². The van der Waals surface area contributed by atoms with Gasteiger partial charge in [-0.3, -0.25) is 0 Å². The molecular formula is C9H5ClO3. The Balaban J connectivity index is 2.67. The third kappa shape index (κ3) is 1.38. The molecule has 66 valence electrons. The Morgan fingerprint density at radius 1 is 1.38 bits per heavy atom. The third-order valence-corrected chi connectivity index (χ3v) is 1.92. The van der Waals surface area contributed by atoms with Crippen molar-refractivity contribution >= 4 is 28.5 Å². The van der Waals surface area contributed by atoms with Gasteiger partial charge >= 0.3 is 5.97 Å². The van der Waals surface area contributed by atoms with E-state index >= 15 is 0 Å². The van der Waals surface area contributed by atoms with Gasteiger partial charge in [0.15, 0.2) is 5.22 Å². The van der Waals surface area contributed by atoms with Gasteiger partial charge in [0, 0.05) is 11.5 Å². The number of hydrogen-bond donors (Lipinski definition) is 1. The van der Waals surface area contributed by atoms with Crippen molar-refractivity contribution in [3.05, 3.63) is 35.0 Å². The molecule has 0 bridgehead atoms. The molecular weight excluding hydrogens is 192 g/mol. The summed E-state index contributed by atoms with van der Waals surface area (Å²) in [5.41, 5.74) is 0.684. The molecule has 0 aliphatic carbocycles. The first-order valence-electron chi connectivity index (χ1n) is 3.59. The maximum absolute atomic E-state index is 10.6. The van der Waals surface area contributed by atoms with Gasteiger partial charge in [0.25, 0.3) is 0 Å². The lowest BCUT2D eigenvalue weighted by molar-refractivity contribution is 0.0697. The van der Waals surface area contributed by atoms with E-state index in [0.717, 1.165) is 5.39 Å². The first-order valence-corrected chi connectivity index (χ1v) is 3.97. The number of carboxylic acids is 1. The molecule has 0 radical (unpaired) electrons. The molecule has 0 saturated carbocycles. The zero-order valence-electron chi connectivity index (χ0n) is 6.45. The highest BCUT2D eigenvalue weighted by Gasteiger charge is 2.06. The molecule has 0 fully saturated rings. The monoisotopic (exact) mass is 196 g/mol. The molecule has 2 aromatic rings. The summed E-state index contributed by atoms with van der Waals surface area (Å²) in [6, 6.07) is 6.26. The van der Waals surface area contributed by atoms with Crippen LogP contribution in [0.15, 0.2) is 28.7 Å². The zero-order chi connectivity index (χ0) is 9.42. The highest BCUT2D eigenvalue weighted by atomic mass is 35.5. The number of aromatic carboxylic acids is 1. The van der Waals surface area contributed by atoms with Crippen LogP contribution in [0.1, 0.15) is 10.4 Å². The van der Waals surface area contributed by atoms with E-state index in [0.29, 0.717) is 5.58 Å². The molecule has 0 atom stereocenters. The van der Waals surface area contributed by atoms with Crippen LogP contribution in [0.25, 0.3) is 11.0 Å². The summed E-state index contributed by atoms with van der Waals surface area (Å²) in [6.45, 7) is 0. The molecule has 0 unspecified atom stereocenters. The van der Waals surface area contributed by atoms with E-state index in [9.17, 15) is 4.79 Å². The lowest BCUT2D eigenvalue weighted by Crippen LogP contribution is -1.94. The van der Waals surface area contributed by atoms with Crippen LogP contribution >= 0.6 is 11.6 Å². The summed E-state index contributed by atoms with van der Waals surface area (Å²) in [5, 5.41) is 9.74. The summed E-state index contributed by atoms with van der Waals surface area (Å²) in [7, 11) is 0. The topological polar surface area (TPSA) is 50.4 Å². The summed E-state index contributed by atoms with van der Waals surface area (Å²) in [6.07, 6.45) is 0. The number of rotatable bonds is 1. The summed E-state index contributed by atoms with van der Waals surface area (Å²) in [4.78, 5) is 10.6. The average molecular weight is 197 g/mol. The zero-order valence-corrected chi connectivity index (χ0v) is 7.21. The quantitative estimate of drug-likeness (QED) is 0.763. The van der Waals surface area contributed by atoms with Gasteiger partial charge in [0.05, 0.1) is 5.56 Å². The minimum atomic E-state index is -0.977. The van der Waals surface area contributed by atoms with E-state index in [1.165, 1.54) is 12.1 Å². The second kappa shape index (κ2) is 2.78. The summed E-state index contributed by atoms with van der Waals surface area (Å²) >= 11 is 5.60. The first-order chi connectivity index (χ1) is 6.16. The van der Waals surface area contributed by atoms with Gasteiger partial charge in [-0.05, 0) is 23.7 Å². The van der Waals surface area contributed by atoms with E-state index in [1.54, 1.807) is 12.1 Å². The van der Waals surface area contributed by atoms with Crippen molar-refractivity contribution in [3.8, 4) is 0 Å². The van der Waals surface area contributed by atoms with E-state index in [1.807, 2.05) is 0 Å². The SMILES string of the molecule is O=C(O)c1ccc2cc(Cl)oc2c1. The van der Waals surface area contributed by atoms with Crippen LogP contribution in [0, 0.1) is 0 Å². The lowest BCUT2D eigenvalue weighted by atomic mass is 10.2. The fraction of sp³-hybridized carbons (Fsp3) is 0. The fourth-order valence-corrected chi connectivity index (χ4v) is 1.33. The number of benzene rings is 1. The summed E-state index contributed by atoms with van der Waals surface area (Å²) in [5.74, 6) is -0.977. The second-order valence-electron chi connectivity index (χ2n) is 2.61. The van der Waals surface area contributed by atoms with Crippen LogP contribution in [0.5, 0.6) is 0 Å². The van der Waals surface area contributed by atoms with Gasteiger partial charge in [-0.2, -0.15) is 0 Å². The minimum absolute atomic E-state index is 0.193. The number of fused-ring (bicyclic) bond motifs is 1. The smallest absolute Gasteiger partial charge is 0.335 e. The molecule has 0 aliphatic rings. The fourth-order valence-electron chi connectivity index (χ4n) is 1.13. The highest BCUT2D eigenvalue weighted by Crippen LogP contribution is 2.23. The highest BCUT2D eigenvalue weighted by molar-refractivity contribution is 6.29. The number of hydrogen-bond acceptors (Lipinski definition) is 2. The molecule has 3 nitrogen and oxygen atoms in total. The Labute approximate surface area is 78.5 Å². The Morgan fingerprint density at radius 2 is 2.15 bits per heavy atom. The molecule has 4 heteroatoms. The van der Waals surface area contributed by atoms with Crippen LogP contribution in [-0.2, 0) is 0 Å². The van der Waals surface area contributed by atoms with Crippen molar-refractivity contribution < 1.29 is 14.3 Å². The van der Waals surface area contributed by atoms with Gasteiger partial charge in [-0.25, -0.2) is 4.79 Å². The maximum atomic E-state index is 10.6. The lowest BCUT2D eigenvalue weighted by Gasteiger charge is -1.92. The van der Waals surface area contributed by atoms with E-state index in [2.05, 4.69) is 0 Å². The molecule has 1 aromatic carbocycles. The number of carboxylic acid groups (broad SMARTS) is 1. The van der Waals surface area contributed by atoms with Crippen molar-refractivity contribution in [2.24, 2.45) is 0 Å². The minimum Gasteiger partial charge on any atom is -0.478 e. The van der Waals surface area contributed by atoms with E-state index in [4.69, 9.17) is 21.1 Å². The third-order valence-electron chi connectivity index (χ3n) is 1.74.